The fourth-order valence-corrected chi connectivity index (χ4v) is 7.58. The van der Waals surface area contributed by atoms with Gasteiger partial charge >= 0.3 is 6.18 Å². The summed E-state index contributed by atoms with van der Waals surface area (Å²) in [5.41, 5.74) is 0. The third kappa shape index (κ3) is 3.99. The number of hydrogen-bond donors (Lipinski definition) is 0. The van der Waals surface area contributed by atoms with E-state index in [0.29, 0.717) is 6.42 Å². The first-order valence-electron chi connectivity index (χ1n) is 9.89. The second kappa shape index (κ2) is 7.54. The van der Waals surface area contributed by atoms with Crippen molar-refractivity contribution in [3.05, 3.63) is 0 Å². The summed E-state index contributed by atoms with van der Waals surface area (Å²) >= 11 is 0. The Morgan fingerprint density at radius 1 is 0.963 bits per heavy atom. The van der Waals surface area contributed by atoms with E-state index in [4.69, 9.17) is 0 Å². The van der Waals surface area contributed by atoms with Crippen LogP contribution >= 0.6 is 0 Å². The first-order valence-corrected chi connectivity index (χ1v) is 11.4. The van der Waals surface area contributed by atoms with Crippen molar-refractivity contribution in [2.24, 2.45) is 5.92 Å². The molecule has 0 N–H and O–H groups in total. The van der Waals surface area contributed by atoms with Gasteiger partial charge in [-0.3, -0.25) is 4.79 Å². The summed E-state index contributed by atoms with van der Waals surface area (Å²) in [5.74, 6) is -1.43. The third-order valence-corrected chi connectivity index (χ3v) is 8.98. The Bertz CT molecular complexity index is 659. The number of halogens is 3. The molecule has 3 atom stereocenters. The van der Waals surface area contributed by atoms with E-state index in [1.54, 1.807) is 4.31 Å². The monoisotopic (exact) mass is 410 g/mol. The molecular formula is C18H29F3N2O3S. The van der Waals surface area contributed by atoms with Crippen molar-refractivity contribution in [3.8, 4) is 0 Å². The van der Waals surface area contributed by atoms with Gasteiger partial charge in [0.1, 0.15) is 0 Å². The predicted octanol–water partition coefficient (Wildman–Crippen LogP) is 3.30. The van der Waals surface area contributed by atoms with Gasteiger partial charge in [0.15, 0.2) is 0 Å². The van der Waals surface area contributed by atoms with Crippen molar-refractivity contribution < 1.29 is 26.4 Å². The minimum atomic E-state index is -4.25. The molecule has 2 aliphatic carbocycles. The van der Waals surface area contributed by atoms with Gasteiger partial charge in [-0.2, -0.15) is 17.5 Å². The molecule has 3 rings (SSSR count). The van der Waals surface area contributed by atoms with Gasteiger partial charge in [0, 0.05) is 31.6 Å². The maximum atomic E-state index is 13.3. The topological polar surface area (TPSA) is 57.7 Å². The Morgan fingerprint density at radius 3 is 2.04 bits per heavy atom. The van der Waals surface area contributed by atoms with Crippen LogP contribution < -0.4 is 0 Å². The van der Waals surface area contributed by atoms with Crippen molar-refractivity contribution in [1.82, 2.24) is 9.21 Å². The summed E-state index contributed by atoms with van der Waals surface area (Å²) < 4.78 is 66.9. The average Bonchev–Trinajstić information content (AvgIpc) is 2.60. The molecule has 27 heavy (non-hydrogen) atoms. The lowest BCUT2D eigenvalue weighted by atomic mass is 9.86. The number of hydrogen-bond acceptors (Lipinski definition) is 3. The highest BCUT2D eigenvalue weighted by atomic mass is 32.2. The molecular weight excluding hydrogens is 381 g/mol. The van der Waals surface area contributed by atoms with Crippen LogP contribution in [-0.2, 0) is 14.8 Å². The maximum Gasteiger partial charge on any atom is 0.391 e. The van der Waals surface area contributed by atoms with Crippen LogP contribution in [0.2, 0.25) is 0 Å². The van der Waals surface area contributed by atoms with Gasteiger partial charge in [-0.1, -0.05) is 12.8 Å². The molecule has 2 unspecified atom stereocenters. The smallest absolute Gasteiger partial charge is 0.334 e. The fraction of sp³-hybridized carbons (Fsp3) is 0.944. The molecule has 3 aliphatic rings. The lowest BCUT2D eigenvalue weighted by molar-refractivity contribution is -0.181. The van der Waals surface area contributed by atoms with Crippen molar-refractivity contribution in [3.63, 3.8) is 0 Å². The van der Waals surface area contributed by atoms with Gasteiger partial charge in [-0.25, -0.2) is 8.42 Å². The molecule has 1 saturated heterocycles. The Labute approximate surface area is 159 Å². The largest absolute Gasteiger partial charge is 0.391 e. The fourth-order valence-electron chi connectivity index (χ4n) is 5.28. The zero-order chi connectivity index (χ0) is 20.0. The van der Waals surface area contributed by atoms with E-state index in [0.717, 1.165) is 19.3 Å². The van der Waals surface area contributed by atoms with E-state index in [1.807, 2.05) is 11.8 Å². The summed E-state index contributed by atoms with van der Waals surface area (Å²) in [6, 6.07) is -0.589. The lowest BCUT2D eigenvalue weighted by Crippen LogP contribution is -2.67. The molecule has 156 valence electrons. The van der Waals surface area contributed by atoms with Crippen LogP contribution in [0, 0.1) is 5.92 Å². The van der Waals surface area contributed by atoms with Crippen molar-refractivity contribution in [1.29, 1.82) is 0 Å². The molecule has 5 nitrogen and oxygen atoms in total. The Balaban J connectivity index is 1.79. The summed E-state index contributed by atoms with van der Waals surface area (Å²) in [6.45, 7) is 3.61. The third-order valence-electron chi connectivity index (χ3n) is 6.59. The number of carbonyl (C=O) groups is 1. The normalized spacial score (nSPS) is 36.3. The number of rotatable bonds is 2. The van der Waals surface area contributed by atoms with Crippen LogP contribution in [0.25, 0.3) is 0 Å². The lowest BCUT2D eigenvalue weighted by Gasteiger charge is -2.52. The molecule has 0 spiro atoms. The number of piperazine rings is 1. The highest BCUT2D eigenvalue weighted by molar-refractivity contribution is 7.89. The molecule has 3 fully saturated rings. The van der Waals surface area contributed by atoms with Crippen LogP contribution in [-0.4, -0.2) is 59.6 Å². The van der Waals surface area contributed by atoms with Gasteiger partial charge in [0.25, 0.3) is 0 Å². The summed E-state index contributed by atoms with van der Waals surface area (Å²) in [5, 5.41) is -0.741. The highest BCUT2D eigenvalue weighted by Crippen LogP contribution is 2.42. The molecule has 1 amide bonds. The Morgan fingerprint density at radius 2 is 1.52 bits per heavy atom. The van der Waals surface area contributed by atoms with Gasteiger partial charge in [0.2, 0.25) is 15.9 Å². The number of sulfonamides is 1. The molecule has 0 aromatic rings. The molecule has 9 heteroatoms. The number of nitrogens with zero attached hydrogens (tertiary/aromatic N) is 2. The molecule has 0 radical (unpaired) electrons. The minimum Gasteiger partial charge on any atom is -0.334 e. The van der Waals surface area contributed by atoms with Crippen LogP contribution in [0.3, 0.4) is 0 Å². The zero-order valence-corrected chi connectivity index (χ0v) is 16.7. The van der Waals surface area contributed by atoms with Gasteiger partial charge in [-0.15, -0.1) is 0 Å². The maximum absolute atomic E-state index is 13.3. The molecule has 1 heterocycles. The minimum absolute atomic E-state index is 0.0397. The summed E-state index contributed by atoms with van der Waals surface area (Å²) in [4.78, 5) is 13.9. The van der Waals surface area contributed by atoms with Crippen molar-refractivity contribution >= 4 is 15.9 Å². The molecule has 0 aromatic carbocycles. The van der Waals surface area contributed by atoms with Crippen LogP contribution in [0.4, 0.5) is 13.2 Å². The standard InChI is InChI=1S/C18H29F3N2O3S/c1-12-11-22(16-5-3-4-6-17(16)23(12)13(2)24)27(25,26)15-9-7-14(8-10-15)18(19,20)21/h12,14-17H,3-11H2,1-2H3/t12-,14?,15?,16?,17?/m0/s1. The van der Waals surface area contributed by atoms with E-state index >= 15 is 0 Å². The average molecular weight is 411 g/mol. The molecule has 0 aromatic heterocycles. The van der Waals surface area contributed by atoms with Gasteiger partial charge < -0.3 is 4.90 Å². The van der Waals surface area contributed by atoms with E-state index in [9.17, 15) is 26.4 Å². The van der Waals surface area contributed by atoms with E-state index in [-0.39, 0.29) is 56.3 Å². The van der Waals surface area contributed by atoms with E-state index in [2.05, 4.69) is 0 Å². The van der Waals surface area contributed by atoms with Crippen LogP contribution in [0.1, 0.15) is 65.2 Å². The molecule has 2 saturated carbocycles. The van der Waals surface area contributed by atoms with Crippen molar-refractivity contribution in [2.75, 3.05) is 6.54 Å². The van der Waals surface area contributed by atoms with E-state index < -0.39 is 27.4 Å². The highest BCUT2D eigenvalue weighted by Gasteiger charge is 2.50. The zero-order valence-electron chi connectivity index (χ0n) is 15.9. The van der Waals surface area contributed by atoms with Crippen LogP contribution in [0.5, 0.6) is 0 Å². The number of amides is 1. The number of carbonyl (C=O) groups excluding carboxylic acids is 1. The Hall–Kier alpha value is -0.830. The first kappa shape index (κ1) is 20.9. The Kier molecular flexibility index (Phi) is 5.83. The second-order valence-corrected chi connectivity index (χ2v) is 10.5. The van der Waals surface area contributed by atoms with E-state index in [1.165, 1.54) is 6.92 Å². The van der Waals surface area contributed by atoms with Crippen molar-refractivity contribution in [2.45, 2.75) is 94.8 Å². The van der Waals surface area contributed by atoms with Gasteiger partial charge in [-0.05, 0) is 45.4 Å². The number of alkyl halides is 3. The summed E-state index contributed by atoms with van der Waals surface area (Å²) in [7, 11) is -3.68. The second-order valence-electron chi connectivity index (χ2n) is 8.32. The van der Waals surface area contributed by atoms with Gasteiger partial charge in [0.05, 0.1) is 11.2 Å². The van der Waals surface area contributed by atoms with Crippen LogP contribution in [0.15, 0.2) is 0 Å². The summed E-state index contributed by atoms with van der Waals surface area (Å²) in [6.07, 6.45) is -1.01. The SMILES string of the molecule is CC(=O)N1C2CCCCC2N(S(=O)(=O)C2CCC(C(F)(F)F)CC2)C[C@@H]1C. The first-order chi connectivity index (χ1) is 12.5. The quantitative estimate of drug-likeness (QED) is 0.702. The molecule has 0 bridgehead atoms. The number of fused-ring (bicyclic) bond motifs is 1. The molecule has 1 aliphatic heterocycles. The predicted molar refractivity (Wildman–Crippen MR) is 95.5 cm³/mol.